The molecule has 0 bridgehead atoms. The lowest BCUT2D eigenvalue weighted by molar-refractivity contribution is -0.142. The Morgan fingerprint density at radius 2 is 2.10 bits per heavy atom. The summed E-state index contributed by atoms with van der Waals surface area (Å²) in [7, 11) is 0. The average Bonchev–Trinajstić information content (AvgIpc) is 2.96. The van der Waals surface area contributed by atoms with Crippen molar-refractivity contribution >= 4 is 12.0 Å². The summed E-state index contributed by atoms with van der Waals surface area (Å²) in [6, 6.07) is 8.66. The fourth-order valence-corrected chi connectivity index (χ4v) is 2.71. The van der Waals surface area contributed by atoms with E-state index in [9.17, 15) is 14.7 Å². The van der Waals surface area contributed by atoms with Gasteiger partial charge in [0.25, 0.3) is 5.91 Å². The molecule has 7 nitrogen and oxygen atoms in total. The highest BCUT2D eigenvalue weighted by molar-refractivity contribution is 5.85. The Morgan fingerprint density at radius 3 is 2.75 bits per heavy atom. The molecule has 2 amide bonds. The van der Waals surface area contributed by atoms with E-state index in [4.69, 9.17) is 15.2 Å². The fraction of sp³-hybridized carbons (Fsp3) is 0.385. The van der Waals surface area contributed by atoms with E-state index in [1.165, 1.54) is 4.90 Å². The number of primary amides is 1. The fourth-order valence-electron chi connectivity index (χ4n) is 2.71. The minimum absolute atomic E-state index is 0.181. The molecule has 0 unspecified atom stereocenters. The number of carbonyl (C=O) groups is 2. The van der Waals surface area contributed by atoms with Crippen molar-refractivity contribution in [2.45, 2.75) is 24.5 Å². The van der Waals surface area contributed by atoms with Gasteiger partial charge in [0, 0.05) is 5.56 Å². The lowest BCUT2D eigenvalue weighted by Crippen LogP contribution is -2.39. The highest BCUT2D eigenvalue weighted by Crippen LogP contribution is 2.38. The van der Waals surface area contributed by atoms with Crippen molar-refractivity contribution in [3.05, 3.63) is 35.9 Å². The maximum atomic E-state index is 12.1. The second-order valence-electron chi connectivity index (χ2n) is 4.76. The highest BCUT2D eigenvalue weighted by atomic mass is 16.6. The standard InChI is InChI=1S/C13H14N2O5/c14-13(18)20-10-8-6-19-12(7-4-2-1-3-5-7)15(8)11(17)9(10)16/h1-5,8-10,12,16H,6H2,(H2,14,18)/t8-,9+,10+,12+/m0/s1. The first-order chi connectivity index (χ1) is 9.59. The van der Waals surface area contributed by atoms with E-state index < -0.39 is 36.5 Å². The van der Waals surface area contributed by atoms with E-state index >= 15 is 0 Å². The quantitative estimate of drug-likeness (QED) is 0.776. The summed E-state index contributed by atoms with van der Waals surface area (Å²) in [6.07, 6.45) is -3.99. The molecule has 2 fully saturated rings. The first-order valence-corrected chi connectivity index (χ1v) is 6.22. The largest absolute Gasteiger partial charge is 0.441 e. The van der Waals surface area contributed by atoms with Crippen LogP contribution in [-0.2, 0) is 14.3 Å². The van der Waals surface area contributed by atoms with Crippen molar-refractivity contribution in [1.29, 1.82) is 0 Å². The third kappa shape index (κ3) is 1.91. The van der Waals surface area contributed by atoms with Crippen LogP contribution in [-0.4, -0.2) is 46.9 Å². The van der Waals surface area contributed by atoms with Crippen molar-refractivity contribution in [2.24, 2.45) is 5.73 Å². The molecular formula is C13H14N2O5. The van der Waals surface area contributed by atoms with E-state index in [0.717, 1.165) is 5.56 Å². The van der Waals surface area contributed by atoms with Gasteiger partial charge in [0.05, 0.1) is 12.6 Å². The van der Waals surface area contributed by atoms with Gasteiger partial charge in [0.1, 0.15) is 0 Å². The van der Waals surface area contributed by atoms with Crippen molar-refractivity contribution in [3.8, 4) is 0 Å². The van der Waals surface area contributed by atoms with Gasteiger partial charge in [-0.1, -0.05) is 30.3 Å². The Kier molecular flexibility index (Phi) is 3.07. The predicted molar refractivity (Wildman–Crippen MR) is 66.2 cm³/mol. The molecule has 2 heterocycles. The van der Waals surface area contributed by atoms with Gasteiger partial charge in [0.2, 0.25) is 0 Å². The van der Waals surface area contributed by atoms with Gasteiger partial charge in [-0.05, 0) is 0 Å². The molecule has 3 N–H and O–H groups in total. The molecule has 1 aromatic rings. The van der Waals surface area contributed by atoms with Crippen LogP contribution in [0.4, 0.5) is 4.79 Å². The third-order valence-electron chi connectivity index (χ3n) is 3.57. The molecule has 3 rings (SSSR count). The highest BCUT2D eigenvalue weighted by Gasteiger charge is 2.56. The van der Waals surface area contributed by atoms with E-state index in [1.54, 1.807) is 0 Å². The lowest BCUT2D eigenvalue weighted by Gasteiger charge is -2.22. The van der Waals surface area contributed by atoms with Crippen molar-refractivity contribution in [3.63, 3.8) is 0 Å². The number of aliphatic hydroxyl groups excluding tert-OH is 1. The summed E-state index contributed by atoms with van der Waals surface area (Å²) < 4.78 is 10.4. The van der Waals surface area contributed by atoms with Crippen LogP contribution in [0.5, 0.6) is 0 Å². The Hall–Kier alpha value is -2.12. The van der Waals surface area contributed by atoms with Gasteiger partial charge < -0.3 is 25.2 Å². The number of ether oxygens (including phenoxy) is 2. The van der Waals surface area contributed by atoms with Gasteiger partial charge in [-0.25, -0.2) is 4.79 Å². The molecule has 2 aliphatic rings. The molecule has 0 spiro atoms. The molecule has 1 aromatic carbocycles. The van der Waals surface area contributed by atoms with Gasteiger partial charge in [-0.3, -0.25) is 4.79 Å². The molecule has 0 aromatic heterocycles. The Bertz CT molecular complexity index is 535. The SMILES string of the molecule is NC(=O)O[C@H]1[C@@H](O)C(=O)N2[C@@H](c3ccccc3)OC[C@@H]12. The number of rotatable bonds is 2. The Labute approximate surface area is 114 Å². The van der Waals surface area contributed by atoms with Crippen LogP contribution < -0.4 is 5.73 Å². The number of hydrogen-bond acceptors (Lipinski definition) is 5. The van der Waals surface area contributed by atoms with Crippen LogP contribution >= 0.6 is 0 Å². The molecule has 7 heteroatoms. The molecule has 20 heavy (non-hydrogen) atoms. The van der Waals surface area contributed by atoms with Crippen molar-refractivity contribution in [2.75, 3.05) is 6.61 Å². The number of nitrogens with zero attached hydrogens (tertiary/aromatic N) is 1. The van der Waals surface area contributed by atoms with Crippen molar-refractivity contribution in [1.82, 2.24) is 4.90 Å². The van der Waals surface area contributed by atoms with Crippen LogP contribution in [0, 0.1) is 0 Å². The monoisotopic (exact) mass is 278 g/mol. The van der Waals surface area contributed by atoms with Crippen LogP contribution in [0.25, 0.3) is 0 Å². The molecule has 2 saturated heterocycles. The first kappa shape index (κ1) is 12.9. The molecule has 0 saturated carbocycles. The van der Waals surface area contributed by atoms with Crippen LogP contribution in [0.2, 0.25) is 0 Å². The van der Waals surface area contributed by atoms with Crippen LogP contribution in [0.15, 0.2) is 30.3 Å². The summed E-state index contributed by atoms with van der Waals surface area (Å²) in [5.74, 6) is -0.521. The van der Waals surface area contributed by atoms with Gasteiger partial charge in [0.15, 0.2) is 18.4 Å². The average molecular weight is 278 g/mol. The summed E-state index contributed by atoms with van der Waals surface area (Å²) in [4.78, 5) is 24.4. The number of amides is 2. The summed E-state index contributed by atoms with van der Waals surface area (Å²) in [5.41, 5.74) is 5.77. The zero-order valence-electron chi connectivity index (χ0n) is 10.5. The topological polar surface area (TPSA) is 102 Å². The summed E-state index contributed by atoms with van der Waals surface area (Å²) >= 11 is 0. The van der Waals surface area contributed by atoms with Gasteiger partial charge in [-0.15, -0.1) is 0 Å². The molecular weight excluding hydrogens is 264 g/mol. The smallest absolute Gasteiger partial charge is 0.404 e. The third-order valence-corrected chi connectivity index (χ3v) is 3.57. The van der Waals surface area contributed by atoms with E-state index in [-0.39, 0.29) is 6.61 Å². The Morgan fingerprint density at radius 1 is 1.40 bits per heavy atom. The second kappa shape index (κ2) is 4.77. The number of fused-ring (bicyclic) bond motifs is 1. The zero-order chi connectivity index (χ0) is 14.3. The van der Waals surface area contributed by atoms with E-state index in [2.05, 4.69) is 0 Å². The zero-order valence-corrected chi connectivity index (χ0v) is 10.5. The number of benzene rings is 1. The number of hydrogen-bond donors (Lipinski definition) is 2. The predicted octanol–water partition coefficient (Wildman–Crippen LogP) is -0.249. The van der Waals surface area contributed by atoms with Crippen molar-refractivity contribution < 1.29 is 24.2 Å². The minimum atomic E-state index is -1.40. The van der Waals surface area contributed by atoms with Crippen LogP contribution in [0.3, 0.4) is 0 Å². The Balaban J connectivity index is 1.88. The van der Waals surface area contributed by atoms with E-state index in [0.29, 0.717) is 0 Å². The number of aliphatic hydroxyl groups is 1. The molecule has 4 atom stereocenters. The maximum absolute atomic E-state index is 12.1. The molecule has 106 valence electrons. The molecule has 0 aliphatic carbocycles. The van der Waals surface area contributed by atoms with E-state index in [1.807, 2.05) is 30.3 Å². The molecule has 2 aliphatic heterocycles. The summed E-state index contributed by atoms with van der Waals surface area (Å²) in [5, 5.41) is 9.90. The van der Waals surface area contributed by atoms with Gasteiger partial charge in [-0.2, -0.15) is 0 Å². The molecule has 0 radical (unpaired) electrons. The summed E-state index contributed by atoms with van der Waals surface area (Å²) in [6.45, 7) is 0.181. The number of nitrogens with two attached hydrogens (primary N) is 1. The normalized spacial score (nSPS) is 32.2. The second-order valence-corrected chi connectivity index (χ2v) is 4.76. The first-order valence-electron chi connectivity index (χ1n) is 6.22. The minimum Gasteiger partial charge on any atom is -0.441 e. The maximum Gasteiger partial charge on any atom is 0.404 e. The lowest BCUT2D eigenvalue weighted by atomic mass is 10.1. The van der Waals surface area contributed by atoms with Crippen LogP contribution in [0.1, 0.15) is 11.8 Å². The van der Waals surface area contributed by atoms with Gasteiger partial charge >= 0.3 is 6.09 Å². The number of carbonyl (C=O) groups excluding carboxylic acids is 2.